The summed E-state index contributed by atoms with van der Waals surface area (Å²) in [5.74, 6) is -0.310. The predicted molar refractivity (Wildman–Crippen MR) is 60.6 cm³/mol. The minimum absolute atomic E-state index is 0.0500. The van der Waals surface area contributed by atoms with Gasteiger partial charge in [0.05, 0.1) is 13.1 Å². The van der Waals surface area contributed by atoms with Crippen LogP contribution in [0.4, 0.5) is 0 Å². The van der Waals surface area contributed by atoms with E-state index in [0.29, 0.717) is 13.0 Å². The molecule has 0 spiro atoms. The van der Waals surface area contributed by atoms with Crippen LogP contribution in [0.15, 0.2) is 0 Å². The Morgan fingerprint density at radius 3 is 2.50 bits per heavy atom. The van der Waals surface area contributed by atoms with Gasteiger partial charge in [-0.15, -0.1) is 0 Å². The molecule has 0 aromatic carbocycles. The summed E-state index contributed by atoms with van der Waals surface area (Å²) in [4.78, 5) is 22.0. The van der Waals surface area contributed by atoms with E-state index in [1.165, 1.54) is 0 Å². The van der Waals surface area contributed by atoms with E-state index in [2.05, 4.69) is 10.6 Å². The maximum absolute atomic E-state index is 11.3. The Morgan fingerprint density at radius 2 is 2.00 bits per heavy atom. The minimum atomic E-state index is -0.349. The largest absolute Gasteiger partial charge is 0.396 e. The third-order valence-electron chi connectivity index (χ3n) is 2.33. The van der Waals surface area contributed by atoms with Crippen LogP contribution in [0.1, 0.15) is 19.8 Å². The van der Waals surface area contributed by atoms with Gasteiger partial charge in [0.25, 0.3) is 0 Å². The van der Waals surface area contributed by atoms with Crippen molar-refractivity contribution in [3.8, 4) is 0 Å². The average molecular weight is 231 g/mol. The number of carbonyl (C=O) groups excluding carboxylic acids is 2. The van der Waals surface area contributed by atoms with Gasteiger partial charge in [-0.25, -0.2) is 0 Å². The zero-order valence-electron chi connectivity index (χ0n) is 9.66. The molecule has 16 heavy (non-hydrogen) atoms. The molecule has 94 valence electrons. The second-order valence-corrected chi connectivity index (χ2v) is 3.57. The lowest BCUT2D eigenvalue weighted by atomic mass is 10.0. The number of hydrogen-bond donors (Lipinski definition) is 4. The van der Waals surface area contributed by atoms with Crippen molar-refractivity contribution in [3.05, 3.63) is 0 Å². The third-order valence-corrected chi connectivity index (χ3v) is 2.33. The second-order valence-electron chi connectivity index (χ2n) is 3.57. The fourth-order valence-corrected chi connectivity index (χ4v) is 1.20. The first-order valence-electron chi connectivity index (χ1n) is 5.48. The number of nitrogens with one attached hydrogen (secondary N) is 2. The maximum Gasteiger partial charge on any atom is 0.239 e. The van der Waals surface area contributed by atoms with E-state index in [0.717, 1.165) is 6.42 Å². The second kappa shape index (κ2) is 9.11. The Hall–Kier alpha value is -1.14. The topological polar surface area (TPSA) is 104 Å². The van der Waals surface area contributed by atoms with Crippen LogP contribution in [0, 0.1) is 5.92 Å². The Balaban J connectivity index is 3.66. The summed E-state index contributed by atoms with van der Waals surface area (Å²) in [7, 11) is 0. The highest BCUT2D eigenvalue weighted by Gasteiger charge is 2.08. The molecular formula is C10H21N3O3. The molecule has 6 nitrogen and oxygen atoms in total. The average Bonchev–Trinajstić information content (AvgIpc) is 2.31. The van der Waals surface area contributed by atoms with Crippen molar-refractivity contribution < 1.29 is 14.7 Å². The van der Waals surface area contributed by atoms with Crippen LogP contribution in [0.3, 0.4) is 0 Å². The lowest BCUT2D eigenvalue weighted by Gasteiger charge is -2.14. The molecule has 0 fully saturated rings. The third kappa shape index (κ3) is 7.19. The number of carbonyl (C=O) groups is 2. The Morgan fingerprint density at radius 1 is 1.31 bits per heavy atom. The molecule has 0 radical (unpaired) electrons. The van der Waals surface area contributed by atoms with Gasteiger partial charge in [-0.3, -0.25) is 9.59 Å². The van der Waals surface area contributed by atoms with Crippen molar-refractivity contribution in [1.29, 1.82) is 0 Å². The quantitative estimate of drug-likeness (QED) is 0.412. The van der Waals surface area contributed by atoms with Crippen LogP contribution in [-0.4, -0.2) is 43.2 Å². The standard InChI is InChI=1S/C10H21N3O3/c1-2-8(3-4-14)6-12-10(16)7-13-9(15)5-11/h8,14H,2-7,11H2,1H3,(H,12,16)(H,13,15). The molecular weight excluding hydrogens is 210 g/mol. The van der Waals surface area contributed by atoms with Crippen molar-refractivity contribution in [3.63, 3.8) is 0 Å². The fraction of sp³-hybridized carbons (Fsp3) is 0.800. The Kier molecular flexibility index (Phi) is 8.46. The van der Waals surface area contributed by atoms with Gasteiger partial charge in [0.1, 0.15) is 0 Å². The van der Waals surface area contributed by atoms with Gasteiger partial charge in [0.15, 0.2) is 0 Å². The van der Waals surface area contributed by atoms with E-state index >= 15 is 0 Å². The molecule has 1 atom stereocenters. The van der Waals surface area contributed by atoms with Crippen molar-refractivity contribution in [1.82, 2.24) is 10.6 Å². The van der Waals surface area contributed by atoms with Crippen LogP contribution in [0.2, 0.25) is 0 Å². The summed E-state index contributed by atoms with van der Waals surface area (Å²) in [5, 5.41) is 13.8. The molecule has 0 aliphatic rings. The van der Waals surface area contributed by atoms with Gasteiger partial charge in [-0.2, -0.15) is 0 Å². The summed E-state index contributed by atoms with van der Waals surface area (Å²) < 4.78 is 0. The fourth-order valence-electron chi connectivity index (χ4n) is 1.20. The van der Waals surface area contributed by atoms with E-state index in [9.17, 15) is 9.59 Å². The van der Waals surface area contributed by atoms with Crippen molar-refractivity contribution in [2.45, 2.75) is 19.8 Å². The lowest BCUT2D eigenvalue weighted by Crippen LogP contribution is -2.40. The normalized spacial score (nSPS) is 11.9. The SMILES string of the molecule is CCC(CCO)CNC(=O)CNC(=O)CN. The molecule has 0 aromatic rings. The molecule has 1 unspecified atom stereocenters. The summed E-state index contributed by atoms with van der Waals surface area (Å²) in [6, 6.07) is 0. The molecule has 6 heteroatoms. The van der Waals surface area contributed by atoms with E-state index in [1.807, 2.05) is 6.92 Å². The van der Waals surface area contributed by atoms with Crippen LogP contribution < -0.4 is 16.4 Å². The van der Waals surface area contributed by atoms with Crippen LogP contribution in [0.5, 0.6) is 0 Å². The monoisotopic (exact) mass is 231 g/mol. The first-order chi connectivity index (χ1) is 7.63. The van der Waals surface area contributed by atoms with Crippen molar-refractivity contribution in [2.75, 3.05) is 26.2 Å². The molecule has 2 amide bonds. The molecule has 0 heterocycles. The van der Waals surface area contributed by atoms with E-state index < -0.39 is 0 Å². The predicted octanol–water partition coefficient (Wildman–Crippen LogP) is -1.41. The molecule has 0 bridgehead atoms. The molecule has 0 aliphatic heterocycles. The summed E-state index contributed by atoms with van der Waals surface area (Å²) >= 11 is 0. The Bertz CT molecular complexity index is 221. The maximum atomic E-state index is 11.3. The number of aliphatic hydroxyl groups excluding tert-OH is 1. The first-order valence-corrected chi connectivity index (χ1v) is 5.48. The van der Waals surface area contributed by atoms with Crippen molar-refractivity contribution in [2.24, 2.45) is 11.7 Å². The molecule has 0 saturated carbocycles. The number of hydrogen-bond acceptors (Lipinski definition) is 4. The number of aliphatic hydroxyl groups is 1. The van der Waals surface area contributed by atoms with Gasteiger partial charge in [0, 0.05) is 13.2 Å². The molecule has 0 rings (SSSR count). The highest BCUT2D eigenvalue weighted by molar-refractivity contribution is 5.85. The van der Waals surface area contributed by atoms with Crippen LogP contribution >= 0.6 is 0 Å². The van der Waals surface area contributed by atoms with Gasteiger partial charge in [0.2, 0.25) is 11.8 Å². The highest BCUT2D eigenvalue weighted by Crippen LogP contribution is 2.05. The summed E-state index contributed by atoms with van der Waals surface area (Å²) in [6.45, 7) is 2.48. The van der Waals surface area contributed by atoms with Gasteiger partial charge < -0.3 is 21.5 Å². The van der Waals surface area contributed by atoms with Crippen molar-refractivity contribution >= 4 is 11.8 Å². The molecule has 5 N–H and O–H groups in total. The van der Waals surface area contributed by atoms with Gasteiger partial charge in [-0.05, 0) is 12.3 Å². The molecule has 0 saturated heterocycles. The molecule has 0 aliphatic carbocycles. The summed E-state index contributed by atoms with van der Waals surface area (Å²) in [5.41, 5.74) is 5.07. The molecule has 0 aromatic heterocycles. The minimum Gasteiger partial charge on any atom is -0.396 e. The van der Waals surface area contributed by atoms with E-state index in [4.69, 9.17) is 10.8 Å². The smallest absolute Gasteiger partial charge is 0.239 e. The number of rotatable bonds is 8. The zero-order valence-corrected chi connectivity index (χ0v) is 9.66. The van der Waals surface area contributed by atoms with E-state index in [1.54, 1.807) is 0 Å². The van der Waals surface area contributed by atoms with Crippen LogP contribution in [0.25, 0.3) is 0 Å². The Labute approximate surface area is 95.6 Å². The highest BCUT2D eigenvalue weighted by atomic mass is 16.3. The lowest BCUT2D eigenvalue weighted by molar-refractivity contribution is -0.125. The van der Waals surface area contributed by atoms with Gasteiger partial charge >= 0.3 is 0 Å². The first kappa shape index (κ1) is 14.9. The van der Waals surface area contributed by atoms with Crippen LogP contribution in [-0.2, 0) is 9.59 Å². The summed E-state index contributed by atoms with van der Waals surface area (Å²) in [6.07, 6.45) is 1.57. The zero-order chi connectivity index (χ0) is 12.4. The number of nitrogens with two attached hydrogens (primary N) is 1. The van der Waals surface area contributed by atoms with E-state index in [-0.39, 0.29) is 37.4 Å². The number of amides is 2. The van der Waals surface area contributed by atoms with Gasteiger partial charge in [-0.1, -0.05) is 13.3 Å².